The molecule has 1 fully saturated rings. The SMILES string of the molecule is Cc1c(Nc2ccc3c(c2)CS(=O)(=O)C3)n[nH]c1C1CC[C@@H](OC(=O)Oc2ccc([N+](=O)[O-])cc2)C1. The van der Waals surface area contributed by atoms with Crippen LogP contribution in [0.1, 0.15) is 47.6 Å². The van der Waals surface area contributed by atoms with Gasteiger partial charge in [-0.05, 0) is 61.6 Å². The third-order valence-corrected chi connectivity index (χ3v) is 8.07. The average molecular weight is 513 g/mol. The van der Waals surface area contributed by atoms with E-state index in [0.717, 1.165) is 34.5 Å². The lowest BCUT2D eigenvalue weighted by molar-refractivity contribution is -0.384. The second-order valence-electron chi connectivity index (χ2n) is 9.10. The van der Waals surface area contributed by atoms with Crippen LogP contribution in [0.4, 0.5) is 22.0 Å². The standard InChI is InChI=1S/C24H24N4O7S/c1-14-22(26-27-23(14)25-18-4-2-16-12-36(32,33)13-17(16)10-18)15-3-7-21(11-15)35-24(29)34-20-8-5-19(6-9-20)28(30)31/h2,4-6,8-10,15,21H,3,7,11-13H2,1H3,(H2,25,26,27)/t15?,21-/m1/s1. The maximum Gasteiger partial charge on any atom is 0.514 e. The number of nitrogens with one attached hydrogen (secondary N) is 2. The monoisotopic (exact) mass is 512 g/mol. The predicted molar refractivity (Wildman–Crippen MR) is 130 cm³/mol. The van der Waals surface area contributed by atoms with E-state index in [1.165, 1.54) is 24.3 Å². The third kappa shape index (κ3) is 5.03. The summed E-state index contributed by atoms with van der Waals surface area (Å²) in [5.74, 6) is 1.09. The molecule has 0 spiro atoms. The summed E-state index contributed by atoms with van der Waals surface area (Å²) in [4.78, 5) is 22.4. The molecule has 2 aromatic carbocycles. The molecule has 2 aliphatic rings. The van der Waals surface area contributed by atoms with Crippen molar-refractivity contribution in [1.82, 2.24) is 10.2 Å². The van der Waals surface area contributed by atoms with E-state index in [0.29, 0.717) is 18.7 Å². The van der Waals surface area contributed by atoms with Crippen LogP contribution in [0.3, 0.4) is 0 Å². The number of nitro groups is 1. The Labute approximate surface area is 206 Å². The number of sulfone groups is 1. The molecule has 1 unspecified atom stereocenters. The molecule has 0 amide bonds. The molecule has 0 bridgehead atoms. The normalized spacial score (nSPS) is 20.0. The molecule has 5 rings (SSSR count). The maximum absolute atomic E-state index is 12.2. The molecule has 1 saturated carbocycles. The van der Waals surface area contributed by atoms with Gasteiger partial charge in [0.1, 0.15) is 11.9 Å². The fraction of sp³-hybridized carbons (Fsp3) is 0.333. The second-order valence-corrected chi connectivity index (χ2v) is 11.2. The minimum Gasteiger partial charge on any atom is -0.431 e. The molecule has 1 aliphatic heterocycles. The highest BCUT2D eigenvalue weighted by Crippen LogP contribution is 2.38. The van der Waals surface area contributed by atoms with E-state index >= 15 is 0 Å². The number of non-ortho nitro benzene ring substituents is 1. The van der Waals surface area contributed by atoms with Crippen LogP contribution >= 0.6 is 0 Å². The number of fused-ring (bicyclic) bond motifs is 1. The van der Waals surface area contributed by atoms with Crippen LogP contribution in [0.5, 0.6) is 5.75 Å². The number of aromatic nitrogens is 2. The molecule has 11 nitrogen and oxygen atoms in total. The summed E-state index contributed by atoms with van der Waals surface area (Å²) in [5, 5.41) is 21.5. The first-order valence-corrected chi connectivity index (χ1v) is 13.3. The number of ether oxygens (including phenoxy) is 2. The van der Waals surface area contributed by atoms with E-state index in [1.54, 1.807) is 0 Å². The molecule has 2 N–H and O–H groups in total. The summed E-state index contributed by atoms with van der Waals surface area (Å²) >= 11 is 0. The highest BCUT2D eigenvalue weighted by Gasteiger charge is 2.32. The number of benzene rings is 2. The van der Waals surface area contributed by atoms with Crippen molar-refractivity contribution in [3.8, 4) is 5.75 Å². The van der Waals surface area contributed by atoms with Crippen LogP contribution in [0.25, 0.3) is 0 Å². The van der Waals surface area contributed by atoms with Crippen LogP contribution in [0, 0.1) is 17.0 Å². The zero-order valence-electron chi connectivity index (χ0n) is 19.4. The number of nitro benzene ring substituents is 1. The Bertz CT molecular complexity index is 1430. The molecule has 0 saturated heterocycles. The van der Waals surface area contributed by atoms with Crippen molar-refractivity contribution in [1.29, 1.82) is 0 Å². The van der Waals surface area contributed by atoms with E-state index in [9.17, 15) is 23.3 Å². The van der Waals surface area contributed by atoms with Crippen molar-refractivity contribution in [2.75, 3.05) is 5.32 Å². The van der Waals surface area contributed by atoms with Gasteiger partial charge in [0.2, 0.25) is 0 Å². The van der Waals surface area contributed by atoms with Gasteiger partial charge in [0, 0.05) is 35.0 Å². The minimum atomic E-state index is -3.07. The predicted octanol–water partition coefficient (Wildman–Crippen LogP) is 4.65. The number of carbonyl (C=O) groups excluding carboxylic acids is 1. The van der Waals surface area contributed by atoms with Gasteiger partial charge in [-0.25, -0.2) is 13.2 Å². The van der Waals surface area contributed by atoms with Crippen molar-refractivity contribution in [3.05, 3.63) is 75.0 Å². The second kappa shape index (κ2) is 9.26. The maximum atomic E-state index is 12.2. The van der Waals surface area contributed by atoms with Crippen LogP contribution in [-0.4, -0.2) is 35.8 Å². The lowest BCUT2D eigenvalue weighted by Crippen LogP contribution is -2.18. The number of hydrogen-bond acceptors (Lipinski definition) is 9. The van der Waals surface area contributed by atoms with Crippen molar-refractivity contribution in [2.45, 2.75) is 49.7 Å². The molecule has 2 atom stereocenters. The summed E-state index contributed by atoms with van der Waals surface area (Å²) in [6.07, 6.45) is 0.902. The molecule has 188 valence electrons. The van der Waals surface area contributed by atoms with Gasteiger partial charge >= 0.3 is 6.16 Å². The molecular formula is C24H24N4O7S. The van der Waals surface area contributed by atoms with Crippen LogP contribution in [0.2, 0.25) is 0 Å². The van der Waals surface area contributed by atoms with E-state index in [4.69, 9.17) is 9.47 Å². The van der Waals surface area contributed by atoms with Crippen molar-refractivity contribution >= 4 is 33.2 Å². The van der Waals surface area contributed by atoms with Gasteiger partial charge in [-0.2, -0.15) is 5.10 Å². The number of nitrogens with zero attached hydrogens (tertiary/aromatic N) is 2. The Morgan fingerprint density at radius 3 is 2.64 bits per heavy atom. The van der Waals surface area contributed by atoms with Gasteiger partial charge < -0.3 is 14.8 Å². The first kappa shape index (κ1) is 23.8. The largest absolute Gasteiger partial charge is 0.514 e. The highest BCUT2D eigenvalue weighted by molar-refractivity contribution is 7.90. The van der Waals surface area contributed by atoms with Crippen molar-refractivity contribution in [2.24, 2.45) is 0 Å². The van der Waals surface area contributed by atoms with Crippen molar-refractivity contribution in [3.63, 3.8) is 0 Å². The molecule has 2 heterocycles. The summed E-state index contributed by atoms with van der Waals surface area (Å²) in [7, 11) is -3.07. The Kier molecular flexibility index (Phi) is 6.12. The summed E-state index contributed by atoms with van der Waals surface area (Å²) in [6.45, 7) is 1.95. The zero-order valence-corrected chi connectivity index (χ0v) is 20.2. The Balaban J connectivity index is 1.18. The summed E-state index contributed by atoms with van der Waals surface area (Å²) in [5.41, 5.74) is 4.23. The first-order chi connectivity index (χ1) is 17.2. The lowest BCUT2D eigenvalue weighted by Gasteiger charge is -2.13. The Morgan fingerprint density at radius 1 is 1.14 bits per heavy atom. The minimum absolute atomic E-state index is 0.0543. The van der Waals surface area contributed by atoms with Gasteiger partial charge in [0.05, 0.1) is 16.4 Å². The molecule has 12 heteroatoms. The lowest BCUT2D eigenvalue weighted by atomic mass is 10.0. The van der Waals surface area contributed by atoms with E-state index in [-0.39, 0.29) is 35.0 Å². The smallest absolute Gasteiger partial charge is 0.431 e. The highest BCUT2D eigenvalue weighted by atomic mass is 32.2. The first-order valence-electron chi connectivity index (χ1n) is 11.4. The number of hydrogen-bond donors (Lipinski definition) is 2. The van der Waals surface area contributed by atoms with Gasteiger partial charge in [0.25, 0.3) is 5.69 Å². The summed E-state index contributed by atoms with van der Waals surface area (Å²) < 4.78 is 34.4. The Morgan fingerprint density at radius 2 is 1.89 bits per heavy atom. The number of anilines is 2. The quantitative estimate of drug-likeness (QED) is 0.208. The fourth-order valence-corrected chi connectivity index (χ4v) is 6.37. The van der Waals surface area contributed by atoms with E-state index in [2.05, 4.69) is 15.5 Å². The molecule has 1 aromatic heterocycles. The molecule has 36 heavy (non-hydrogen) atoms. The molecule has 3 aromatic rings. The molecule has 1 aliphatic carbocycles. The average Bonchev–Trinajstić information content (AvgIpc) is 3.50. The van der Waals surface area contributed by atoms with Crippen LogP contribution in [-0.2, 0) is 26.1 Å². The van der Waals surface area contributed by atoms with E-state index < -0.39 is 20.9 Å². The van der Waals surface area contributed by atoms with Crippen LogP contribution < -0.4 is 10.1 Å². The number of H-pyrrole nitrogens is 1. The van der Waals surface area contributed by atoms with Gasteiger partial charge in [-0.15, -0.1) is 0 Å². The fourth-order valence-electron chi connectivity index (χ4n) is 4.77. The van der Waals surface area contributed by atoms with E-state index in [1.807, 2.05) is 25.1 Å². The van der Waals surface area contributed by atoms with Crippen LogP contribution in [0.15, 0.2) is 42.5 Å². The zero-order chi connectivity index (χ0) is 25.4. The molecule has 0 radical (unpaired) electrons. The van der Waals surface area contributed by atoms with Gasteiger partial charge in [0.15, 0.2) is 15.7 Å². The number of carbonyl (C=O) groups is 1. The summed E-state index contributed by atoms with van der Waals surface area (Å²) in [6, 6.07) is 10.7. The van der Waals surface area contributed by atoms with Crippen molar-refractivity contribution < 1.29 is 27.6 Å². The number of rotatable bonds is 6. The third-order valence-electron chi connectivity index (χ3n) is 6.57. The molecular weight excluding hydrogens is 488 g/mol. The topological polar surface area (TPSA) is 154 Å². The van der Waals surface area contributed by atoms with Gasteiger partial charge in [-0.1, -0.05) is 6.07 Å². The Hall–Kier alpha value is -3.93. The number of aromatic amines is 1. The van der Waals surface area contributed by atoms with Gasteiger partial charge in [-0.3, -0.25) is 15.2 Å².